The van der Waals surface area contributed by atoms with E-state index in [1.807, 2.05) is 19.1 Å². The lowest BCUT2D eigenvalue weighted by atomic mass is 10.3. The summed E-state index contributed by atoms with van der Waals surface area (Å²) in [6.07, 6.45) is 4.81. The molecular formula is C14H13N5O2S. The molecule has 3 aromatic heterocycles. The largest absolute Gasteiger partial charge is 0.346 e. The van der Waals surface area contributed by atoms with E-state index in [4.69, 9.17) is 0 Å². The van der Waals surface area contributed by atoms with Crippen LogP contribution in [0.5, 0.6) is 0 Å². The molecule has 0 aliphatic heterocycles. The number of pyridine rings is 1. The summed E-state index contributed by atoms with van der Waals surface area (Å²) in [5.41, 5.74) is 1.62. The van der Waals surface area contributed by atoms with Crippen molar-refractivity contribution in [3.8, 4) is 10.6 Å². The number of hydrogen-bond donors (Lipinski definition) is 3. The van der Waals surface area contributed by atoms with E-state index in [0.29, 0.717) is 6.54 Å². The van der Waals surface area contributed by atoms with Crippen molar-refractivity contribution < 1.29 is 4.79 Å². The molecule has 0 aromatic carbocycles. The van der Waals surface area contributed by atoms with Gasteiger partial charge in [-0.25, -0.2) is 9.78 Å². The molecule has 0 saturated carbocycles. The first kappa shape index (κ1) is 14.2. The van der Waals surface area contributed by atoms with Crippen LogP contribution in [0.25, 0.3) is 10.6 Å². The van der Waals surface area contributed by atoms with E-state index in [-0.39, 0.29) is 11.6 Å². The minimum atomic E-state index is -0.405. The second-order valence-corrected chi connectivity index (χ2v) is 5.69. The molecule has 0 aliphatic rings. The molecule has 8 heteroatoms. The summed E-state index contributed by atoms with van der Waals surface area (Å²) in [6, 6.07) is 3.80. The smallest absolute Gasteiger partial charge is 0.323 e. The van der Waals surface area contributed by atoms with Gasteiger partial charge in [-0.3, -0.25) is 9.78 Å². The number of carbonyl (C=O) groups is 1. The highest BCUT2D eigenvalue weighted by Gasteiger charge is 2.12. The average Bonchev–Trinajstić information content (AvgIpc) is 3.12. The number of aryl methyl sites for hydroxylation is 1. The SMILES string of the molecule is Cc1nc(-c2cccnc2)sc1CNC(=O)c1c[nH]c(=O)[nH]1. The number of nitrogens with one attached hydrogen (secondary N) is 3. The zero-order valence-electron chi connectivity index (χ0n) is 11.7. The van der Waals surface area contributed by atoms with Gasteiger partial charge in [0.1, 0.15) is 10.7 Å². The Morgan fingerprint density at radius 3 is 3.00 bits per heavy atom. The van der Waals surface area contributed by atoms with E-state index in [0.717, 1.165) is 21.1 Å². The number of aromatic nitrogens is 4. The number of thiazole rings is 1. The van der Waals surface area contributed by atoms with Crippen LogP contribution in [-0.4, -0.2) is 25.8 Å². The van der Waals surface area contributed by atoms with Crippen molar-refractivity contribution in [1.29, 1.82) is 0 Å². The third-order valence-corrected chi connectivity index (χ3v) is 4.26. The lowest BCUT2D eigenvalue weighted by Gasteiger charge is -2.01. The van der Waals surface area contributed by atoms with Crippen molar-refractivity contribution in [3.63, 3.8) is 0 Å². The van der Waals surface area contributed by atoms with Crippen LogP contribution in [0.3, 0.4) is 0 Å². The zero-order chi connectivity index (χ0) is 15.5. The molecule has 0 unspecified atom stereocenters. The van der Waals surface area contributed by atoms with E-state index >= 15 is 0 Å². The molecule has 0 fully saturated rings. The molecule has 0 aliphatic carbocycles. The van der Waals surface area contributed by atoms with Crippen LogP contribution in [0, 0.1) is 6.92 Å². The molecule has 0 radical (unpaired) electrons. The van der Waals surface area contributed by atoms with Crippen molar-refractivity contribution in [2.75, 3.05) is 0 Å². The maximum absolute atomic E-state index is 11.9. The highest BCUT2D eigenvalue weighted by molar-refractivity contribution is 7.15. The maximum atomic E-state index is 11.9. The fourth-order valence-corrected chi connectivity index (χ4v) is 2.91. The van der Waals surface area contributed by atoms with E-state index in [9.17, 15) is 9.59 Å². The number of H-pyrrole nitrogens is 2. The van der Waals surface area contributed by atoms with Crippen LogP contribution in [0.2, 0.25) is 0 Å². The Hall–Kier alpha value is -2.74. The normalized spacial score (nSPS) is 10.6. The Labute approximate surface area is 129 Å². The van der Waals surface area contributed by atoms with Crippen molar-refractivity contribution in [2.24, 2.45) is 0 Å². The fraction of sp³-hybridized carbons (Fsp3) is 0.143. The Balaban J connectivity index is 1.72. The van der Waals surface area contributed by atoms with Crippen LogP contribution < -0.4 is 11.0 Å². The molecule has 0 atom stereocenters. The Morgan fingerprint density at radius 2 is 2.32 bits per heavy atom. The van der Waals surface area contributed by atoms with E-state index in [1.165, 1.54) is 17.5 Å². The first-order valence-corrected chi connectivity index (χ1v) is 7.38. The first-order chi connectivity index (χ1) is 10.6. The number of nitrogens with zero attached hydrogens (tertiary/aromatic N) is 2. The molecule has 1 amide bonds. The minimum absolute atomic E-state index is 0.208. The molecule has 0 bridgehead atoms. The molecule has 0 spiro atoms. The van der Waals surface area contributed by atoms with Gasteiger partial charge >= 0.3 is 5.69 Å². The molecule has 112 valence electrons. The monoisotopic (exact) mass is 315 g/mol. The van der Waals surface area contributed by atoms with Crippen LogP contribution in [-0.2, 0) is 6.54 Å². The highest BCUT2D eigenvalue weighted by atomic mass is 32.1. The zero-order valence-corrected chi connectivity index (χ0v) is 12.5. The number of hydrogen-bond acceptors (Lipinski definition) is 5. The van der Waals surface area contributed by atoms with Gasteiger partial charge in [0.15, 0.2) is 0 Å². The summed E-state index contributed by atoms with van der Waals surface area (Å²) < 4.78 is 0. The Morgan fingerprint density at radius 1 is 1.45 bits per heavy atom. The average molecular weight is 315 g/mol. The molecule has 3 rings (SSSR count). The topological polar surface area (TPSA) is 104 Å². The van der Waals surface area contributed by atoms with Crippen molar-refractivity contribution in [3.05, 3.63) is 57.5 Å². The molecule has 3 N–H and O–H groups in total. The Bertz CT molecular complexity index is 850. The molecule has 22 heavy (non-hydrogen) atoms. The summed E-state index contributed by atoms with van der Waals surface area (Å²) in [6.45, 7) is 2.26. The van der Waals surface area contributed by atoms with Gasteiger partial charge in [0.2, 0.25) is 0 Å². The molecule has 0 saturated heterocycles. The summed E-state index contributed by atoms with van der Waals surface area (Å²) in [5, 5.41) is 3.63. The standard InChI is InChI=1S/C14H13N5O2S/c1-8-11(7-16-12(20)10-6-17-14(21)19-10)22-13(18-8)9-3-2-4-15-5-9/h2-6H,7H2,1H3,(H,16,20)(H2,17,19,21). The van der Waals surface area contributed by atoms with E-state index < -0.39 is 5.69 Å². The summed E-state index contributed by atoms with van der Waals surface area (Å²) in [7, 11) is 0. The van der Waals surface area contributed by atoms with Gasteiger partial charge in [0.25, 0.3) is 5.91 Å². The van der Waals surface area contributed by atoms with Crippen LogP contribution in [0.1, 0.15) is 21.1 Å². The van der Waals surface area contributed by atoms with Crippen LogP contribution in [0.4, 0.5) is 0 Å². The van der Waals surface area contributed by atoms with Gasteiger partial charge < -0.3 is 15.3 Å². The van der Waals surface area contributed by atoms with Crippen LogP contribution >= 0.6 is 11.3 Å². The predicted octanol–water partition coefficient (Wildman–Crippen LogP) is 1.46. The number of rotatable bonds is 4. The van der Waals surface area contributed by atoms with Gasteiger partial charge in [0, 0.05) is 29.0 Å². The van der Waals surface area contributed by atoms with Crippen molar-refractivity contribution >= 4 is 17.2 Å². The van der Waals surface area contributed by atoms with Gasteiger partial charge in [-0.1, -0.05) is 0 Å². The fourth-order valence-electron chi connectivity index (χ4n) is 1.92. The van der Waals surface area contributed by atoms with Gasteiger partial charge in [0.05, 0.1) is 12.2 Å². The Kier molecular flexibility index (Phi) is 3.84. The molecule has 3 heterocycles. The summed E-state index contributed by atoms with van der Waals surface area (Å²) in [5.74, 6) is -0.339. The van der Waals surface area contributed by atoms with Crippen molar-refractivity contribution in [1.82, 2.24) is 25.3 Å². The molecule has 3 aromatic rings. The maximum Gasteiger partial charge on any atom is 0.323 e. The van der Waals surface area contributed by atoms with E-state index in [1.54, 1.807) is 12.4 Å². The van der Waals surface area contributed by atoms with Gasteiger partial charge in [-0.05, 0) is 19.1 Å². The minimum Gasteiger partial charge on any atom is -0.346 e. The number of carbonyl (C=O) groups excluding carboxylic acids is 1. The second-order valence-electron chi connectivity index (χ2n) is 4.61. The third-order valence-electron chi connectivity index (χ3n) is 3.05. The summed E-state index contributed by atoms with van der Waals surface area (Å²) >= 11 is 1.51. The van der Waals surface area contributed by atoms with E-state index in [2.05, 4.69) is 25.3 Å². The van der Waals surface area contributed by atoms with Gasteiger partial charge in [-0.2, -0.15) is 0 Å². The molecular weight excluding hydrogens is 302 g/mol. The van der Waals surface area contributed by atoms with Gasteiger partial charge in [-0.15, -0.1) is 11.3 Å². The van der Waals surface area contributed by atoms with Crippen LogP contribution in [0.15, 0.2) is 35.5 Å². The lowest BCUT2D eigenvalue weighted by Crippen LogP contribution is -2.23. The number of aromatic amines is 2. The summed E-state index contributed by atoms with van der Waals surface area (Å²) in [4.78, 5) is 37.2. The third kappa shape index (κ3) is 2.96. The number of imidazole rings is 1. The quantitative estimate of drug-likeness (QED) is 0.678. The predicted molar refractivity (Wildman–Crippen MR) is 82.7 cm³/mol. The first-order valence-electron chi connectivity index (χ1n) is 6.56. The number of amides is 1. The highest BCUT2D eigenvalue weighted by Crippen LogP contribution is 2.27. The molecule has 7 nitrogen and oxygen atoms in total. The second kappa shape index (κ2) is 5.94. The lowest BCUT2D eigenvalue weighted by molar-refractivity contribution is 0.0946. The van der Waals surface area contributed by atoms with Crippen molar-refractivity contribution in [2.45, 2.75) is 13.5 Å².